The van der Waals surface area contributed by atoms with Crippen molar-refractivity contribution in [1.29, 1.82) is 0 Å². The van der Waals surface area contributed by atoms with E-state index < -0.39 is 0 Å². The van der Waals surface area contributed by atoms with Crippen LogP contribution in [0.1, 0.15) is 17.8 Å². The fourth-order valence-corrected chi connectivity index (χ4v) is 4.97. The Hall–Kier alpha value is -3.47. The average Bonchev–Trinajstić information content (AvgIpc) is 3.55. The third-order valence-corrected chi connectivity index (χ3v) is 7.19. The molecule has 0 bridgehead atoms. The molecule has 36 heavy (non-hydrogen) atoms. The van der Waals surface area contributed by atoms with Gasteiger partial charge in [0.15, 0.2) is 0 Å². The number of hydrogen-bond acceptors (Lipinski definition) is 10. The van der Waals surface area contributed by atoms with Crippen molar-refractivity contribution in [3.8, 4) is 5.75 Å². The second kappa shape index (κ2) is 9.88. The van der Waals surface area contributed by atoms with Crippen molar-refractivity contribution < 1.29 is 14.2 Å². The Kier molecular flexibility index (Phi) is 6.30. The molecule has 0 saturated carbocycles. The first kappa shape index (κ1) is 23.0. The highest BCUT2D eigenvalue weighted by atomic mass is 35.5. The standard InChI is InChI=1S/C25H23ClN6O3S/c26-19-12-17(2-4-21(19)34-13-22-27-7-10-36-22)31-23-18-11-16(1-3-20(18)29-15-30-23)32-24-28-14-25(35-24)5-8-33-9-6-25/h1-4,7,10-12,15H,5-6,8-9,13-14H2,(H,28,32)(H,29,30,31). The van der Waals surface area contributed by atoms with Crippen molar-refractivity contribution in [3.63, 3.8) is 0 Å². The van der Waals surface area contributed by atoms with Gasteiger partial charge in [0, 0.05) is 41.2 Å². The smallest absolute Gasteiger partial charge is 0.289 e. The Morgan fingerprint density at radius 3 is 2.72 bits per heavy atom. The monoisotopic (exact) mass is 522 g/mol. The number of aliphatic imine (C=N–C) groups is 1. The highest BCUT2D eigenvalue weighted by Gasteiger charge is 2.39. The molecule has 2 N–H and O–H groups in total. The molecule has 0 radical (unpaired) electrons. The SMILES string of the molecule is Clc1cc(Nc2ncnc3ccc(NC4=NCC5(CCOCC5)O4)cc23)ccc1OCc1nccs1. The summed E-state index contributed by atoms with van der Waals surface area (Å²) in [6.45, 7) is 2.43. The lowest BCUT2D eigenvalue weighted by atomic mass is 9.95. The van der Waals surface area contributed by atoms with E-state index in [9.17, 15) is 0 Å². The summed E-state index contributed by atoms with van der Waals surface area (Å²) in [6, 6.07) is 11.9. The third kappa shape index (κ3) is 4.92. The summed E-state index contributed by atoms with van der Waals surface area (Å²) >= 11 is 8.02. The van der Waals surface area contributed by atoms with E-state index in [1.54, 1.807) is 6.20 Å². The van der Waals surface area contributed by atoms with E-state index in [-0.39, 0.29) is 5.60 Å². The van der Waals surface area contributed by atoms with E-state index in [4.69, 9.17) is 25.8 Å². The maximum Gasteiger partial charge on any atom is 0.289 e. The van der Waals surface area contributed by atoms with Crippen molar-refractivity contribution in [2.24, 2.45) is 4.99 Å². The summed E-state index contributed by atoms with van der Waals surface area (Å²) < 4.78 is 17.5. The lowest BCUT2D eigenvalue weighted by Gasteiger charge is -2.31. The zero-order valence-corrected chi connectivity index (χ0v) is 20.8. The topological polar surface area (TPSA) is 103 Å². The van der Waals surface area contributed by atoms with E-state index in [0.717, 1.165) is 40.1 Å². The lowest BCUT2D eigenvalue weighted by Crippen LogP contribution is -2.40. The number of ether oxygens (including phenoxy) is 3. The number of anilines is 3. The fourth-order valence-electron chi connectivity index (χ4n) is 4.21. The summed E-state index contributed by atoms with van der Waals surface area (Å²) in [5.41, 5.74) is 2.18. The number of nitrogens with zero attached hydrogens (tertiary/aromatic N) is 4. The van der Waals surface area contributed by atoms with Crippen LogP contribution in [0, 0.1) is 0 Å². The quantitative estimate of drug-likeness (QED) is 0.346. The van der Waals surface area contributed by atoms with Crippen LogP contribution in [0.25, 0.3) is 10.9 Å². The molecular weight excluding hydrogens is 500 g/mol. The molecule has 4 aromatic rings. The normalized spacial score (nSPS) is 16.5. The molecule has 0 aliphatic carbocycles. The van der Waals surface area contributed by atoms with Crippen LogP contribution < -0.4 is 15.4 Å². The van der Waals surface area contributed by atoms with Crippen LogP contribution in [0.15, 0.2) is 59.3 Å². The van der Waals surface area contributed by atoms with Gasteiger partial charge in [-0.25, -0.2) is 19.9 Å². The first-order chi connectivity index (χ1) is 17.7. The number of fused-ring (bicyclic) bond motifs is 1. The summed E-state index contributed by atoms with van der Waals surface area (Å²) in [5.74, 6) is 1.25. The Morgan fingerprint density at radius 1 is 1.03 bits per heavy atom. The van der Waals surface area contributed by atoms with Crippen LogP contribution in [-0.4, -0.2) is 46.3 Å². The molecule has 1 spiro atoms. The molecule has 1 fully saturated rings. The summed E-state index contributed by atoms with van der Waals surface area (Å²) in [4.78, 5) is 17.7. The minimum Gasteiger partial charge on any atom is -0.485 e. The van der Waals surface area contributed by atoms with Crippen molar-refractivity contribution in [3.05, 3.63) is 64.3 Å². The Bertz CT molecular complexity index is 1410. The van der Waals surface area contributed by atoms with Gasteiger partial charge in [-0.3, -0.25) is 0 Å². The lowest BCUT2D eigenvalue weighted by molar-refractivity contribution is -0.0361. The second-order valence-electron chi connectivity index (χ2n) is 8.58. The highest BCUT2D eigenvalue weighted by Crippen LogP contribution is 2.33. The van der Waals surface area contributed by atoms with E-state index in [1.807, 2.05) is 41.8 Å². The van der Waals surface area contributed by atoms with Crippen molar-refractivity contribution >= 4 is 57.1 Å². The maximum absolute atomic E-state index is 6.48. The van der Waals surface area contributed by atoms with Crippen LogP contribution in [-0.2, 0) is 16.1 Å². The van der Waals surface area contributed by atoms with E-state index in [2.05, 4.69) is 30.6 Å². The minimum atomic E-state index is -0.247. The van der Waals surface area contributed by atoms with Gasteiger partial charge >= 0.3 is 0 Å². The number of halogens is 1. The van der Waals surface area contributed by atoms with Gasteiger partial charge in [0.2, 0.25) is 0 Å². The minimum absolute atomic E-state index is 0.247. The molecule has 0 unspecified atom stereocenters. The number of aromatic nitrogens is 3. The van der Waals surface area contributed by atoms with E-state index in [0.29, 0.717) is 49.0 Å². The number of amidine groups is 1. The van der Waals surface area contributed by atoms with Crippen molar-refractivity contribution in [2.75, 3.05) is 30.4 Å². The molecule has 184 valence electrons. The van der Waals surface area contributed by atoms with Crippen LogP contribution in [0.4, 0.5) is 17.2 Å². The van der Waals surface area contributed by atoms with Crippen LogP contribution in [0.3, 0.4) is 0 Å². The third-order valence-electron chi connectivity index (χ3n) is 6.14. The molecule has 1 saturated heterocycles. The van der Waals surface area contributed by atoms with Crippen LogP contribution >= 0.6 is 22.9 Å². The molecule has 11 heteroatoms. The van der Waals surface area contributed by atoms with Gasteiger partial charge in [-0.15, -0.1) is 11.3 Å². The molecule has 2 aliphatic heterocycles. The predicted octanol–water partition coefficient (Wildman–Crippen LogP) is 5.41. The number of rotatable bonds is 6. The zero-order chi connectivity index (χ0) is 24.4. The molecule has 2 aliphatic rings. The molecular formula is C25H23ClN6O3S. The van der Waals surface area contributed by atoms with Gasteiger partial charge < -0.3 is 24.8 Å². The molecule has 0 atom stereocenters. The number of hydrogen-bond donors (Lipinski definition) is 2. The van der Waals surface area contributed by atoms with Crippen molar-refractivity contribution in [2.45, 2.75) is 25.0 Å². The predicted molar refractivity (Wildman–Crippen MR) is 141 cm³/mol. The number of thiazole rings is 1. The van der Waals surface area contributed by atoms with Gasteiger partial charge in [-0.1, -0.05) is 11.6 Å². The second-order valence-corrected chi connectivity index (χ2v) is 9.97. The van der Waals surface area contributed by atoms with Gasteiger partial charge in [-0.2, -0.15) is 0 Å². The average molecular weight is 523 g/mol. The van der Waals surface area contributed by atoms with E-state index >= 15 is 0 Å². The van der Waals surface area contributed by atoms with Gasteiger partial charge in [0.05, 0.1) is 30.3 Å². The molecule has 4 heterocycles. The summed E-state index contributed by atoms with van der Waals surface area (Å²) in [6.07, 6.45) is 4.98. The maximum atomic E-state index is 6.48. The Labute approximate surface area is 216 Å². The van der Waals surface area contributed by atoms with Gasteiger partial charge in [0.25, 0.3) is 6.02 Å². The molecule has 9 nitrogen and oxygen atoms in total. The molecule has 0 amide bonds. The summed E-state index contributed by atoms with van der Waals surface area (Å²) in [7, 11) is 0. The highest BCUT2D eigenvalue weighted by molar-refractivity contribution is 7.09. The van der Waals surface area contributed by atoms with Crippen LogP contribution in [0.2, 0.25) is 5.02 Å². The fraction of sp³-hybridized carbons (Fsp3) is 0.280. The van der Waals surface area contributed by atoms with Gasteiger partial charge in [0.1, 0.15) is 35.1 Å². The zero-order valence-electron chi connectivity index (χ0n) is 19.2. The largest absolute Gasteiger partial charge is 0.485 e. The first-order valence-corrected chi connectivity index (χ1v) is 12.8. The molecule has 6 rings (SSSR count). The Morgan fingerprint density at radius 2 is 1.89 bits per heavy atom. The summed E-state index contributed by atoms with van der Waals surface area (Å²) in [5, 5.41) is 10.8. The first-order valence-electron chi connectivity index (χ1n) is 11.6. The van der Waals surface area contributed by atoms with E-state index in [1.165, 1.54) is 17.7 Å². The van der Waals surface area contributed by atoms with Gasteiger partial charge in [-0.05, 0) is 36.4 Å². The van der Waals surface area contributed by atoms with Crippen LogP contribution in [0.5, 0.6) is 5.75 Å². The molecule has 2 aromatic carbocycles. The molecule has 2 aromatic heterocycles. The number of benzene rings is 2. The van der Waals surface area contributed by atoms with Crippen molar-refractivity contribution in [1.82, 2.24) is 15.0 Å². The Balaban J connectivity index is 1.17. The number of nitrogens with one attached hydrogen (secondary N) is 2.